The number of carbonyl (C=O) groups excluding carboxylic acids is 2. The van der Waals surface area contributed by atoms with Crippen LogP contribution in [-0.2, 0) is 6.54 Å². The van der Waals surface area contributed by atoms with E-state index >= 15 is 0 Å². The molecule has 0 saturated heterocycles. The minimum absolute atomic E-state index is 0.122. The molecule has 0 aliphatic rings. The summed E-state index contributed by atoms with van der Waals surface area (Å²) in [5.41, 5.74) is 0.854. The molecule has 8 nitrogen and oxygen atoms in total. The van der Waals surface area contributed by atoms with Gasteiger partial charge in [0.1, 0.15) is 23.0 Å². The predicted octanol–water partition coefficient (Wildman–Crippen LogP) is 2.87. The van der Waals surface area contributed by atoms with Crippen LogP contribution in [0.2, 0.25) is 0 Å². The van der Waals surface area contributed by atoms with Crippen molar-refractivity contribution in [3.63, 3.8) is 0 Å². The molecule has 3 rings (SSSR count). The van der Waals surface area contributed by atoms with Gasteiger partial charge in [0.05, 0.1) is 32.7 Å². The zero-order chi connectivity index (χ0) is 19.9. The lowest BCUT2D eigenvalue weighted by Gasteiger charge is -2.12. The average molecular weight is 381 g/mol. The topological polar surface area (TPSA) is 103 Å². The fraction of sp³-hybridized carbons (Fsp3) is 0.150. The first kappa shape index (κ1) is 19.0. The van der Waals surface area contributed by atoms with Crippen molar-refractivity contribution in [1.29, 1.82) is 0 Å². The summed E-state index contributed by atoms with van der Waals surface area (Å²) >= 11 is 0. The minimum atomic E-state index is -0.412. The quantitative estimate of drug-likeness (QED) is 0.652. The maximum Gasteiger partial charge on any atom is 0.270 e. The van der Waals surface area contributed by atoms with Gasteiger partial charge in [-0.3, -0.25) is 14.6 Å². The third kappa shape index (κ3) is 4.47. The van der Waals surface area contributed by atoms with Crippen molar-refractivity contribution in [1.82, 2.24) is 10.3 Å². The highest BCUT2D eigenvalue weighted by Gasteiger charge is 2.14. The number of furan rings is 1. The molecule has 0 saturated carbocycles. The number of hydrogen-bond donors (Lipinski definition) is 2. The molecular formula is C20H19N3O5. The number of carbonyl (C=O) groups is 2. The first-order valence-corrected chi connectivity index (χ1v) is 8.40. The first-order chi connectivity index (χ1) is 13.6. The number of amides is 2. The number of benzene rings is 1. The van der Waals surface area contributed by atoms with Gasteiger partial charge in [0, 0.05) is 17.8 Å². The Morgan fingerprint density at radius 2 is 1.93 bits per heavy atom. The van der Waals surface area contributed by atoms with Gasteiger partial charge in [-0.05, 0) is 36.4 Å². The molecule has 2 heterocycles. The van der Waals surface area contributed by atoms with Gasteiger partial charge >= 0.3 is 0 Å². The lowest BCUT2D eigenvalue weighted by atomic mass is 10.2. The highest BCUT2D eigenvalue weighted by atomic mass is 16.5. The molecule has 0 aliphatic carbocycles. The van der Waals surface area contributed by atoms with Crippen molar-refractivity contribution in [2.24, 2.45) is 0 Å². The van der Waals surface area contributed by atoms with E-state index in [0.29, 0.717) is 22.9 Å². The van der Waals surface area contributed by atoms with Crippen molar-refractivity contribution in [2.45, 2.75) is 6.54 Å². The summed E-state index contributed by atoms with van der Waals surface area (Å²) in [5.74, 6) is 0.856. The Hall–Kier alpha value is -3.81. The summed E-state index contributed by atoms with van der Waals surface area (Å²) in [6.45, 7) is 0.227. The van der Waals surface area contributed by atoms with Crippen molar-refractivity contribution >= 4 is 17.5 Å². The number of methoxy groups -OCH3 is 2. The van der Waals surface area contributed by atoms with Gasteiger partial charge in [-0.15, -0.1) is 0 Å². The number of nitrogens with one attached hydrogen (secondary N) is 2. The van der Waals surface area contributed by atoms with Gasteiger partial charge < -0.3 is 24.5 Å². The number of nitrogens with zero attached hydrogens (tertiary/aromatic N) is 1. The fourth-order valence-corrected chi connectivity index (χ4v) is 2.47. The van der Waals surface area contributed by atoms with Crippen LogP contribution in [0.4, 0.5) is 5.69 Å². The van der Waals surface area contributed by atoms with Crippen LogP contribution < -0.4 is 20.1 Å². The second-order valence-electron chi connectivity index (χ2n) is 5.71. The summed E-state index contributed by atoms with van der Waals surface area (Å²) in [6, 6.07) is 11.5. The average Bonchev–Trinajstić information content (AvgIpc) is 3.25. The van der Waals surface area contributed by atoms with E-state index in [0.717, 1.165) is 0 Å². The molecule has 3 aromatic rings. The van der Waals surface area contributed by atoms with E-state index in [2.05, 4.69) is 15.6 Å². The molecule has 0 bridgehead atoms. The van der Waals surface area contributed by atoms with Gasteiger partial charge in [0.15, 0.2) is 0 Å². The van der Waals surface area contributed by atoms with E-state index in [4.69, 9.17) is 13.9 Å². The number of rotatable bonds is 7. The maximum absolute atomic E-state index is 12.6. The Morgan fingerprint density at radius 3 is 2.64 bits per heavy atom. The second-order valence-corrected chi connectivity index (χ2v) is 5.71. The summed E-state index contributed by atoms with van der Waals surface area (Å²) in [7, 11) is 3.04. The SMILES string of the molecule is COc1ccc(OC)c(NC(=O)c2ccnc(C(=O)NCc3ccco3)c2)c1. The van der Waals surface area contributed by atoms with Crippen LogP contribution in [-0.4, -0.2) is 31.0 Å². The molecule has 2 N–H and O–H groups in total. The molecule has 2 aromatic heterocycles. The van der Waals surface area contributed by atoms with Crippen LogP contribution in [0, 0.1) is 0 Å². The third-order valence-electron chi connectivity index (χ3n) is 3.91. The monoisotopic (exact) mass is 381 g/mol. The molecule has 8 heteroatoms. The lowest BCUT2D eigenvalue weighted by molar-refractivity contribution is 0.0943. The Kier molecular flexibility index (Phi) is 5.91. The molecule has 0 unspecified atom stereocenters. The summed E-state index contributed by atoms with van der Waals surface area (Å²) in [6.07, 6.45) is 2.93. The molecule has 0 radical (unpaired) electrons. The van der Waals surface area contributed by atoms with E-state index in [-0.39, 0.29) is 17.8 Å². The van der Waals surface area contributed by atoms with Crippen LogP contribution in [0.25, 0.3) is 0 Å². The number of aromatic nitrogens is 1. The van der Waals surface area contributed by atoms with Crippen LogP contribution in [0.15, 0.2) is 59.3 Å². The summed E-state index contributed by atoms with van der Waals surface area (Å²) in [5, 5.41) is 5.44. The number of anilines is 1. The standard InChI is InChI=1S/C20H19N3O5/c1-26-14-5-6-18(27-2)16(11-14)23-19(24)13-7-8-21-17(10-13)20(25)22-12-15-4-3-9-28-15/h3-11H,12H2,1-2H3,(H,22,25)(H,23,24). The van der Waals surface area contributed by atoms with Crippen LogP contribution in [0.5, 0.6) is 11.5 Å². The largest absolute Gasteiger partial charge is 0.497 e. The van der Waals surface area contributed by atoms with Gasteiger partial charge in [-0.1, -0.05) is 0 Å². The zero-order valence-corrected chi connectivity index (χ0v) is 15.4. The minimum Gasteiger partial charge on any atom is -0.497 e. The predicted molar refractivity (Wildman–Crippen MR) is 102 cm³/mol. The van der Waals surface area contributed by atoms with Gasteiger partial charge in [-0.2, -0.15) is 0 Å². The highest BCUT2D eigenvalue weighted by molar-refractivity contribution is 6.06. The van der Waals surface area contributed by atoms with Crippen molar-refractivity contribution < 1.29 is 23.5 Å². The molecule has 144 valence electrons. The van der Waals surface area contributed by atoms with E-state index in [1.54, 1.807) is 30.3 Å². The Balaban J connectivity index is 1.72. The van der Waals surface area contributed by atoms with Crippen LogP contribution >= 0.6 is 0 Å². The van der Waals surface area contributed by atoms with Crippen molar-refractivity contribution in [3.05, 3.63) is 71.9 Å². The smallest absolute Gasteiger partial charge is 0.270 e. The highest BCUT2D eigenvalue weighted by Crippen LogP contribution is 2.29. The van der Waals surface area contributed by atoms with E-state index in [1.807, 2.05) is 0 Å². The van der Waals surface area contributed by atoms with Crippen LogP contribution in [0.3, 0.4) is 0 Å². The Bertz CT molecular complexity index is 970. The molecule has 0 fully saturated rings. The lowest BCUT2D eigenvalue weighted by Crippen LogP contribution is -2.24. The van der Waals surface area contributed by atoms with E-state index in [1.165, 1.54) is 38.8 Å². The number of pyridine rings is 1. The Morgan fingerprint density at radius 1 is 1.07 bits per heavy atom. The molecule has 1 aromatic carbocycles. The third-order valence-corrected chi connectivity index (χ3v) is 3.91. The number of ether oxygens (including phenoxy) is 2. The first-order valence-electron chi connectivity index (χ1n) is 8.40. The number of hydrogen-bond acceptors (Lipinski definition) is 6. The van der Waals surface area contributed by atoms with E-state index < -0.39 is 11.8 Å². The molecule has 0 atom stereocenters. The van der Waals surface area contributed by atoms with Crippen LogP contribution in [0.1, 0.15) is 26.6 Å². The van der Waals surface area contributed by atoms with E-state index in [9.17, 15) is 9.59 Å². The second kappa shape index (κ2) is 8.72. The summed E-state index contributed by atoms with van der Waals surface area (Å²) in [4.78, 5) is 28.9. The fourth-order valence-electron chi connectivity index (χ4n) is 2.47. The molecule has 0 aliphatic heterocycles. The van der Waals surface area contributed by atoms with Crippen molar-refractivity contribution in [2.75, 3.05) is 19.5 Å². The van der Waals surface area contributed by atoms with Gasteiger partial charge in [0.2, 0.25) is 0 Å². The maximum atomic E-state index is 12.6. The summed E-state index contributed by atoms with van der Waals surface area (Å²) < 4.78 is 15.6. The zero-order valence-electron chi connectivity index (χ0n) is 15.4. The Labute approximate surface area is 161 Å². The normalized spacial score (nSPS) is 10.2. The van der Waals surface area contributed by atoms with Gasteiger partial charge in [0.25, 0.3) is 11.8 Å². The molecule has 0 spiro atoms. The molecule has 2 amide bonds. The van der Waals surface area contributed by atoms with Crippen molar-refractivity contribution in [3.8, 4) is 11.5 Å². The van der Waals surface area contributed by atoms with Gasteiger partial charge in [-0.25, -0.2) is 0 Å². The molecule has 28 heavy (non-hydrogen) atoms. The molecular weight excluding hydrogens is 362 g/mol.